The molecule has 19 heavy (non-hydrogen) atoms. The monoisotopic (exact) mass is 283 g/mol. The summed E-state index contributed by atoms with van der Waals surface area (Å²) in [5, 5.41) is 0. The number of benzene rings is 1. The quantitative estimate of drug-likeness (QED) is 0.777. The molecule has 1 aromatic carbocycles. The second-order valence-electron chi connectivity index (χ2n) is 5.15. The van der Waals surface area contributed by atoms with Crippen molar-refractivity contribution in [3.63, 3.8) is 0 Å². The van der Waals surface area contributed by atoms with Gasteiger partial charge in [0, 0.05) is 6.04 Å². The van der Waals surface area contributed by atoms with Crippen LogP contribution in [0.1, 0.15) is 24.8 Å². The molecule has 0 amide bonds. The van der Waals surface area contributed by atoms with Gasteiger partial charge in [-0.3, -0.25) is 4.18 Å². The fourth-order valence-corrected chi connectivity index (χ4v) is 3.33. The van der Waals surface area contributed by atoms with E-state index >= 15 is 0 Å². The topological polar surface area (TPSA) is 46.6 Å². The Bertz CT molecular complexity index is 510. The van der Waals surface area contributed by atoms with Crippen LogP contribution < -0.4 is 0 Å². The highest BCUT2D eigenvalue weighted by molar-refractivity contribution is 7.86. The van der Waals surface area contributed by atoms with Crippen LogP contribution in [0.3, 0.4) is 0 Å². The molecule has 0 saturated carbocycles. The molecule has 4 nitrogen and oxygen atoms in total. The van der Waals surface area contributed by atoms with Crippen molar-refractivity contribution in [1.82, 2.24) is 4.90 Å². The number of hydrogen-bond acceptors (Lipinski definition) is 4. The molecule has 1 saturated heterocycles. The molecular weight excluding hydrogens is 262 g/mol. The van der Waals surface area contributed by atoms with Crippen molar-refractivity contribution in [1.29, 1.82) is 0 Å². The molecule has 106 valence electrons. The molecule has 0 N–H and O–H groups in total. The van der Waals surface area contributed by atoms with Gasteiger partial charge in [0.1, 0.15) is 0 Å². The number of aryl methyl sites for hydroxylation is 1. The van der Waals surface area contributed by atoms with Crippen molar-refractivity contribution >= 4 is 10.1 Å². The molecule has 2 rings (SSSR count). The van der Waals surface area contributed by atoms with Crippen LogP contribution in [0.15, 0.2) is 29.2 Å². The van der Waals surface area contributed by atoms with Gasteiger partial charge in [0.25, 0.3) is 10.1 Å². The Morgan fingerprint density at radius 2 is 2.00 bits per heavy atom. The summed E-state index contributed by atoms with van der Waals surface area (Å²) in [6.07, 6.45) is 3.08. The van der Waals surface area contributed by atoms with Crippen LogP contribution in [-0.2, 0) is 14.3 Å². The summed E-state index contributed by atoms with van der Waals surface area (Å²) >= 11 is 0. The third-order valence-corrected chi connectivity index (χ3v) is 5.00. The molecule has 1 aliphatic heterocycles. The average Bonchev–Trinajstić information content (AvgIpc) is 2.75. The van der Waals surface area contributed by atoms with Gasteiger partial charge in [0.05, 0.1) is 11.5 Å². The molecule has 0 aromatic heterocycles. The zero-order valence-corrected chi connectivity index (χ0v) is 12.3. The van der Waals surface area contributed by atoms with Crippen LogP contribution >= 0.6 is 0 Å². The average molecular weight is 283 g/mol. The predicted octanol–water partition coefficient (Wildman–Crippen LogP) is 2.18. The maximum Gasteiger partial charge on any atom is 0.296 e. The number of likely N-dealkylation sites (tertiary alicyclic amines) is 1. The van der Waals surface area contributed by atoms with Crippen LogP contribution in [0.2, 0.25) is 0 Å². The van der Waals surface area contributed by atoms with Gasteiger partial charge in [-0.25, -0.2) is 0 Å². The highest BCUT2D eigenvalue weighted by Crippen LogP contribution is 2.19. The summed E-state index contributed by atoms with van der Waals surface area (Å²) in [5.41, 5.74) is 1.03. The second-order valence-corrected chi connectivity index (χ2v) is 6.77. The Labute approximate surface area is 115 Å². The van der Waals surface area contributed by atoms with E-state index in [9.17, 15) is 8.42 Å². The Balaban J connectivity index is 1.89. The van der Waals surface area contributed by atoms with E-state index in [-0.39, 0.29) is 11.5 Å². The first-order chi connectivity index (χ1) is 8.99. The molecular formula is C14H21NO3S. The molecule has 1 fully saturated rings. The standard InChI is InChI=1S/C14H21NO3S/c1-12-5-7-14(8-6-12)19(16,17)18-11-9-13-4-3-10-15(13)2/h5-8,13H,3-4,9-11H2,1-2H3. The molecule has 5 heteroatoms. The first-order valence-corrected chi connectivity index (χ1v) is 8.06. The van der Waals surface area contributed by atoms with E-state index < -0.39 is 10.1 Å². The van der Waals surface area contributed by atoms with E-state index in [1.54, 1.807) is 24.3 Å². The Morgan fingerprint density at radius 1 is 1.32 bits per heavy atom. The smallest absolute Gasteiger partial charge is 0.296 e. The Morgan fingerprint density at radius 3 is 2.58 bits per heavy atom. The minimum atomic E-state index is -3.60. The van der Waals surface area contributed by atoms with Crippen molar-refractivity contribution in [2.24, 2.45) is 0 Å². The fourth-order valence-electron chi connectivity index (χ4n) is 2.41. The number of rotatable bonds is 5. The molecule has 1 aliphatic rings. The lowest BCUT2D eigenvalue weighted by Gasteiger charge is -2.18. The van der Waals surface area contributed by atoms with Gasteiger partial charge in [-0.2, -0.15) is 8.42 Å². The lowest BCUT2D eigenvalue weighted by Crippen LogP contribution is -2.26. The van der Waals surface area contributed by atoms with Crippen molar-refractivity contribution in [3.8, 4) is 0 Å². The Hall–Kier alpha value is -0.910. The summed E-state index contributed by atoms with van der Waals surface area (Å²) < 4.78 is 29.0. The second kappa shape index (κ2) is 6.03. The summed E-state index contributed by atoms with van der Waals surface area (Å²) in [4.78, 5) is 2.50. The highest BCUT2D eigenvalue weighted by Gasteiger charge is 2.22. The van der Waals surface area contributed by atoms with Gasteiger partial charge in [-0.05, 0) is 51.9 Å². The predicted molar refractivity (Wildman–Crippen MR) is 74.6 cm³/mol. The van der Waals surface area contributed by atoms with E-state index in [0.29, 0.717) is 6.04 Å². The minimum Gasteiger partial charge on any atom is -0.303 e. The van der Waals surface area contributed by atoms with Gasteiger partial charge < -0.3 is 4.90 Å². The van der Waals surface area contributed by atoms with Crippen LogP contribution in [0.4, 0.5) is 0 Å². The van der Waals surface area contributed by atoms with Gasteiger partial charge in [-0.1, -0.05) is 17.7 Å². The Kier molecular flexibility index (Phi) is 4.60. The van der Waals surface area contributed by atoms with Gasteiger partial charge >= 0.3 is 0 Å². The van der Waals surface area contributed by atoms with Crippen LogP contribution in [-0.4, -0.2) is 39.6 Å². The van der Waals surface area contributed by atoms with Gasteiger partial charge in [-0.15, -0.1) is 0 Å². The lowest BCUT2D eigenvalue weighted by molar-refractivity contribution is 0.236. The molecule has 0 spiro atoms. The van der Waals surface area contributed by atoms with Crippen molar-refractivity contribution in [2.45, 2.75) is 37.1 Å². The van der Waals surface area contributed by atoms with Gasteiger partial charge in [0.2, 0.25) is 0 Å². The van der Waals surface area contributed by atoms with Crippen LogP contribution in [0.5, 0.6) is 0 Å². The van der Waals surface area contributed by atoms with E-state index in [2.05, 4.69) is 11.9 Å². The largest absolute Gasteiger partial charge is 0.303 e. The molecule has 1 atom stereocenters. The third kappa shape index (κ3) is 3.78. The lowest BCUT2D eigenvalue weighted by atomic mass is 10.2. The number of hydrogen-bond donors (Lipinski definition) is 0. The summed E-state index contributed by atoms with van der Waals surface area (Å²) in [7, 11) is -1.53. The van der Waals surface area contributed by atoms with Crippen molar-refractivity contribution in [3.05, 3.63) is 29.8 Å². The fraction of sp³-hybridized carbons (Fsp3) is 0.571. The van der Waals surface area contributed by atoms with E-state index in [1.165, 1.54) is 6.42 Å². The highest BCUT2D eigenvalue weighted by atomic mass is 32.2. The zero-order valence-electron chi connectivity index (χ0n) is 11.5. The van der Waals surface area contributed by atoms with E-state index in [0.717, 1.165) is 24.9 Å². The normalized spacial score (nSPS) is 20.8. The van der Waals surface area contributed by atoms with E-state index in [4.69, 9.17) is 4.18 Å². The van der Waals surface area contributed by atoms with Crippen LogP contribution in [0.25, 0.3) is 0 Å². The SMILES string of the molecule is Cc1ccc(S(=O)(=O)OCCC2CCCN2C)cc1. The minimum absolute atomic E-state index is 0.234. The third-order valence-electron chi connectivity index (χ3n) is 3.67. The zero-order chi connectivity index (χ0) is 13.9. The molecule has 0 aliphatic carbocycles. The first-order valence-electron chi connectivity index (χ1n) is 6.65. The molecule has 0 bridgehead atoms. The first kappa shape index (κ1) is 14.5. The molecule has 1 unspecified atom stereocenters. The summed E-state index contributed by atoms with van der Waals surface area (Å²) in [5.74, 6) is 0. The van der Waals surface area contributed by atoms with Gasteiger partial charge in [0.15, 0.2) is 0 Å². The maximum absolute atomic E-state index is 12.0. The van der Waals surface area contributed by atoms with E-state index in [1.807, 2.05) is 6.92 Å². The number of nitrogens with zero attached hydrogens (tertiary/aromatic N) is 1. The van der Waals surface area contributed by atoms with Crippen molar-refractivity contribution < 1.29 is 12.6 Å². The molecule has 1 aromatic rings. The van der Waals surface area contributed by atoms with Crippen molar-refractivity contribution in [2.75, 3.05) is 20.2 Å². The summed E-state index contributed by atoms with van der Waals surface area (Å²) in [6, 6.07) is 7.19. The molecule has 0 radical (unpaired) electrons. The van der Waals surface area contributed by atoms with Crippen LogP contribution in [0, 0.1) is 6.92 Å². The summed E-state index contributed by atoms with van der Waals surface area (Å²) in [6.45, 7) is 3.27. The maximum atomic E-state index is 12.0. The molecule has 1 heterocycles.